The lowest BCUT2D eigenvalue weighted by atomic mass is 10.2. The van der Waals surface area contributed by atoms with Crippen molar-refractivity contribution in [2.75, 3.05) is 0 Å². The molecule has 0 aliphatic heterocycles. The molecule has 23 heavy (non-hydrogen) atoms. The molecule has 0 fully saturated rings. The number of rotatable bonds is 6. The van der Waals surface area contributed by atoms with Crippen LogP contribution in [0.1, 0.15) is 47.1 Å². The molecule has 0 saturated heterocycles. The van der Waals surface area contributed by atoms with Crippen LogP contribution in [0.3, 0.4) is 0 Å². The van der Waals surface area contributed by atoms with Crippen LogP contribution in [0.4, 0.5) is 0 Å². The van der Waals surface area contributed by atoms with E-state index in [9.17, 15) is 9.59 Å². The Kier molecular flexibility index (Phi) is 5.71. The highest BCUT2D eigenvalue weighted by molar-refractivity contribution is 7.11. The lowest BCUT2D eigenvalue weighted by Crippen LogP contribution is -2.30. The van der Waals surface area contributed by atoms with Crippen LogP contribution in [-0.2, 0) is 11.3 Å². The first kappa shape index (κ1) is 17.4. The number of hydrogen-bond acceptors (Lipinski definition) is 4. The van der Waals surface area contributed by atoms with Crippen molar-refractivity contribution < 1.29 is 4.79 Å². The third kappa shape index (κ3) is 4.28. The fourth-order valence-electron chi connectivity index (χ4n) is 2.37. The summed E-state index contributed by atoms with van der Waals surface area (Å²) in [6.07, 6.45) is 1.08. The van der Waals surface area contributed by atoms with E-state index in [1.54, 1.807) is 22.0 Å². The summed E-state index contributed by atoms with van der Waals surface area (Å²) in [4.78, 5) is 29.7. The van der Waals surface area contributed by atoms with Gasteiger partial charge < -0.3 is 9.88 Å². The molecule has 0 spiro atoms. The minimum atomic E-state index is -0.0731. The molecule has 0 radical (unpaired) electrons. The van der Waals surface area contributed by atoms with Crippen molar-refractivity contribution in [3.8, 4) is 0 Å². The van der Waals surface area contributed by atoms with E-state index in [-0.39, 0.29) is 23.9 Å². The highest BCUT2D eigenvalue weighted by Gasteiger charge is 2.17. The van der Waals surface area contributed by atoms with Crippen LogP contribution >= 0.6 is 11.3 Å². The third-order valence-corrected chi connectivity index (χ3v) is 5.10. The Morgan fingerprint density at radius 1 is 1.35 bits per heavy atom. The summed E-state index contributed by atoms with van der Waals surface area (Å²) >= 11 is 1.63. The molecule has 2 aromatic rings. The van der Waals surface area contributed by atoms with Crippen molar-refractivity contribution in [2.45, 2.75) is 53.1 Å². The lowest BCUT2D eigenvalue weighted by molar-refractivity contribution is -0.122. The van der Waals surface area contributed by atoms with E-state index in [0.29, 0.717) is 6.54 Å². The summed E-state index contributed by atoms with van der Waals surface area (Å²) < 4.78 is 1.62. The zero-order valence-electron chi connectivity index (χ0n) is 14.0. The number of amides is 1. The molecule has 1 amide bonds. The van der Waals surface area contributed by atoms with Gasteiger partial charge in [0.05, 0.1) is 11.7 Å². The molecule has 1 unspecified atom stereocenters. The zero-order valence-corrected chi connectivity index (χ0v) is 14.9. The molecule has 124 valence electrons. The molecule has 0 aliphatic rings. The number of thiazole rings is 1. The van der Waals surface area contributed by atoms with Crippen LogP contribution in [0.5, 0.6) is 0 Å². The topological polar surface area (TPSA) is 64.0 Å². The number of carbonyl (C=O) groups is 1. The minimum absolute atomic E-state index is 0.0579. The smallest absolute Gasteiger partial charge is 0.250 e. The van der Waals surface area contributed by atoms with Gasteiger partial charge in [-0.05, 0) is 33.3 Å². The normalized spacial score (nSPS) is 12.2. The second-order valence-electron chi connectivity index (χ2n) is 5.63. The molecule has 0 bridgehead atoms. The Morgan fingerprint density at radius 2 is 2.09 bits per heavy atom. The zero-order chi connectivity index (χ0) is 17.0. The maximum absolute atomic E-state index is 12.2. The second-order valence-corrected chi connectivity index (χ2v) is 6.86. The van der Waals surface area contributed by atoms with Gasteiger partial charge in [-0.25, -0.2) is 4.98 Å². The molecular formula is C17H23N3O2S. The Morgan fingerprint density at radius 3 is 2.65 bits per heavy atom. The molecule has 2 heterocycles. The molecule has 1 N–H and O–H groups in total. The van der Waals surface area contributed by atoms with Gasteiger partial charge in [-0.2, -0.15) is 0 Å². The van der Waals surface area contributed by atoms with Crippen LogP contribution in [0.2, 0.25) is 0 Å². The Bertz CT molecular complexity index is 729. The number of aryl methyl sites for hydroxylation is 3. The number of hydrogen-bond donors (Lipinski definition) is 1. The number of nitrogens with zero attached hydrogens (tertiary/aromatic N) is 2. The fourth-order valence-corrected chi connectivity index (χ4v) is 3.43. The van der Waals surface area contributed by atoms with Crippen molar-refractivity contribution in [1.29, 1.82) is 0 Å². The number of aromatic nitrogens is 2. The molecule has 2 aromatic heterocycles. The van der Waals surface area contributed by atoms with Crippen LogP contribution in [0, 0.1) is 20.8 Å². The van der Waals surface area contributed by atoms with E-state index < -0.39 is 0 Å². The predicted octanol–water partition coefficient (Wildman–Crippen LogP) is 2.89. The summed E-state index contributed by atoms with van der Waals surface area (Å²) in [6, 6.07) is 5.05. The Hall–Kier alpha value is -1.95. The second kappa shape index (κ2) is 7.55. The molecular weight excluding hydrogens is 310 g/mol. The van der Waals surface area contributed by atoms with Gasteiger partial charge in [0.1, 0.15) is 5.01 Å². The van der Waals surface area contributed by atoms with E-state index in [0.717, 1.165) is 22.8 Å². The Labute approximate surface area is 140 Å². The van der Waals surface area contributed by atoms with Gasteiger partial charge in [-0.15, -0.1) is 11.3 Å². The molecule has 6 heteroatoms. The van der Waals surface area contributed by atoms with Crippen LogP contribution in [0.15, 0.2) is 23.0 Å². The van der Waals surface area contributed by atoms with E-state index in [1.807, 2.05) is 33.8 Å². The van der Waals surface area contributed by atoms with Gasteiger partial charge in [0, 0.05) is 29.6 Å². The van der Waals surface area contributed by atoms with Crippen molar-refractivity contribution in [3.05, 3.63) is 49.8 Å². The van der Waals surface area contributed by atoms with Crippen molar-refractivity contribution in [1.82, 2.24) is 14.9 Å². The predicted molar refractivity (Wildman–Crippen MR) is 92.8 cm³/mol. The maximum Gasteiger partial charge on any atom is 0.250 e. The van der Waals surface area contributed by atoms with E-state index >= 15 is 0 Å². The highest BCUT2D eigenvalue weighted by atomic mass is 32.1. The minimum Gasteiger partial charge on any atom is -0.347 e. The molecule has 1 atom stereocenters. The van der Waals surface area contributed by atoms with Crippen LogP contribution in [-0.4, -0.2) is 15.5 Å². The summed E-state index contributed by atoms with van der Waals surface area (Å²) in [7, 11) is 0. The van der Waals surface area contributed by atoms with Crippen LogP contribution < -0.4 is 10.9 Å². The van der Waals surface area contributed by atoms with E-state index in [1.165, 1.54) is 10.9 Å². The van der Waals surface area contributed by atoms with Crippen LogP contribution in [0.25, 0.3) is 0 Å². The fraction of sp³-hybridized carbons (Fsp3) is 0.471. The molecule has 2 rings (SSSR count). The van der Waals surface area contributed by atoms with Gasteiger partial charge in [0.2, 0.25) is 5.91 Å². The van der Waals surface area contributed by atoms with Gasteiger partial charge in [0.15, 0.2) is 0 Å². The van der Waals surface area contributed by atoms with E-state index in [2.05, 4.69) is 10.3 Å². The maximum atomic E-state index is 12.2. The quantitative estimate of drug-likeness (QED) is 0.884. The summed E-state index contributed by atoms with van der Waals surface area (Å²) in [5.41, 5.74) is 1.81. The largest absolute Gasteiger partial charge is 0.347 e. The summed E-state index contributed by atoms with van der Waals surface area (Å²) in [6.45, 7) is 8.31. The monoisotopic (exact) mass is 333 g/mol. The number of nitrogens with one attached hydrogen (secondary N) is 1. The third-order valence-electron chi connectivity index (χ3n) is 3.92. The first-order valence-corrected chi connectivity index (χ1v) is 8.63. The molecule has 0 aromatic carbocycles. The first-order valence-electron chi connectivity index (χ1n) is 7.82. The lowest BCUT2D eigenvalue weighted by Gasteiger charge is -2.15. The number of pyridine rings is 1. The van der Waals surface area contributed by atoms with Crippen molar-refractivity contribution >= 4 is 17.2 Å². The van der Waals surface area contributed by atoms with Gasteiger partial charge in [-0.3, -0.25) is 9.59 Å². The SMILES string of the molecule is CCC(NC(=O)CCn1c(C)cccc1=O)c1nc(C)c(C)s1. The van der Waals surface area contributed by atoms with Gasteiger partial charge in [0.25, 0.3) is 5.56 Å². The average molecular weight is 333 g/mol. The van der Waals surface area contributed by atoms with Gasteiger partial charge in [-0.1, -0.05) is 13.0 Å². The van der Waals surface area contributed by atoms with E-state index in [4.69, 9.17) is 0 Å². The summed E-state index contributed by atoms with van der Waals surface area (Å²) in [5.74, 6) is -0.0579. The molecule has 5 nitrogen and oxygen atoms in total. The van der Waals surface area contributed by atoms with Crippen molar-refractivity contribution in [3.63, 3.8) is 0 Å². The van der Waals surface area contributed by atoms with Crippen molar-refractivity contribution in [2.24, 2.45) is 0 Å². The Balaban J connectivity index is 1.99. The first-order chi connectivity index (χ1) is 10.9. The molecule has 0 aliphatic carbocycles. The molecule has 0 saturated carbocycles. The standard InChI is InChI=1S/C17H23N3O2S/c1-5-14(17-18-12(3)13(4)23-17)19-15(21)9-10-20-11(2)7-6-8-16(20)22/h6-8,14H,5,9-10H2,1-4H3,(H,19,21). The average Bonchev–Trinajstić information content (AvgIpc) is 2.83. The highest BCUT2D eigenvalue weighted by Crippen LogP contribution is 2.24. The van der Waals surface area contributed by atoms with Gasteiger partial charge >= 0.3 is 0 Å². The summed E-state index contributed by atoms with van der Waals surface area (Å²) in [5, 5.41) is 3.97. The number of carbonyl (C=O) groups excluding carboxylic acids is 1.